The molecule has 0 saturated carbocycles. The van der Waals surface area contributed by atoms with E-state index >= 15 is 0 Å². The second kappa shape index (κ2) is 8.19. The van der Waals surface area contributed by atoms with Crippen LogP contribution in [0.3, 0.4) is 0 Å². The number of furan rings is 1. The van der Waals surface area contributed by atoms with Gasteiger partial charge in [0.15, 0.2) is 0 Å². The minimum Gasteiger partial charge on any atom is -0.493 e. The molecule has 1 aromatic heterocycles. The maximum Gasteiger partial charge on any atom is 0.258 e. The van der Waals surface area contributed by atoms with Crippen LogP contribution in [0.2, 0.25) is 0 Å². The van der Waals surface area contributed by atoms with Gasteiger partial charge in [-0.3, -0.25) is 4.79 Å². The Morgan fingerprint density at radius 2 is 1.84 bits per heavy atom. The number of rotatable bonds is 6. The van der Waals surface area contributed by atoms with E-state index in [1.165, 1.54) is 0 Å². The predicted molar refractivity (Wildman–Crippen MR) is 121 cm³/mol. The second-order valence-electron chi connectivity index (χ2n) is 7.65. The first kappa shape index (κ1) is 19.2. The number of carbonyl (C=O) groups is 1. The first-order chi connectivity index (χ1) is 15.3. The van der Waals surface area contributed by atoms with E-state index in [9.17, 15) is 4.79 Å². The van der Waals surface area contributed by atoms with Crippen molar-refractivity contribution in [2.75, 3.05) is 11.9 Å². The third-order valence-corrected chi connectivity index (χ3v) is 5.59. The molecule has 0 bridgehead atoms. The lowest BCUT2D eigenvalue weighted by atomic mass is 9.97. The van der Waals surface area contributed by atoms with Gasteiger partial charge in [-0.2, -0.15) is 0 Å². The fourth-order valence-electron chi connectivity index (χ4n) is 4.15. The zero-order valence-corrected chi connectivity index (χ0v) is 17.4. The third-order valence-electron chi connectivity index (χ3n) is 5.59. The van der Waals surface area contributed by atoms with Gasteiger partial charge in [-0.25, -0.2) is 0 Å². The largest absolute Gasteiger partial charge is 0.493 e. The van der Waals surface area contributed by atoms with Crippen LogP contribution in [0.15, 0.2) is 83.5 Å². The number of ether oxygens (including phenoxy) is 1. The van der Waals surface area contributed by atoms with Gasteiger partial charge in [0, 0.05) is 11.3 Å². The monoisotopic (exact) mass is 412 g/mol. The predicted octanol–water partition coefficient (Wildman–Crippen LogP) is 5.99. The number of fused-ring (bicyclic) bond motifs is 2. The highest BCUT2D eigenvalue weighted by Gasteiger charge is 2.35. The molecular formula is C26H24N2O3. The molecule has 1 atom stereocenters. The van der Waals surface area contributed by atoms with E-state index in [-0.39, 0.29) is 5.91 Å². The summed E-state index contributed by atoms with van der Waals surface area (Å²) < 4.78 is 11.7. The topological polar surface area (TPSA) is 54.7 Å². The van der Waals surface area contributed by atoms with Crippen molar-refractivity contribution >= 4 is 22.4 Å². The molecule has 5 rings (SSSR count). The summed E-state index contributed by atoms with van der Waals surface area (Å²) in [6.07, 6.45) is 2.14. The van der Waals surface area contributed by atoms with Crippen LogP contribution >= 0.6 is 0 Å². The molecule has 3 aromatic carbocycles. The van der Waals surface area contributed by atoms with Crippen LogP contribution in [0.5, 0.6) is 5.75 Å². The molecule has 31 heavy (non-hydrogen) atoms. The van der Waals surface area contributed by atoms with Crippen LogP contribution in [0, 0.1) is 0 Å². The lowest BCUT2D eigenvalue weighted by Crippen LogP contribution is -2.42. The minimum absolute atomic E-state index is 0.0369. The highest BCUT2D eigenvalue weighted by molar-refractivity contribution is 6.02. The summed E-state index contributed by atoms with van der Waals surface area (Å²) in [5.74, 6) is 1.48. The van der Waals surface area contributed by atoms with Crippen LogP contribution in [0.4, 0.5) is 5.69 Å². The van der Waals surface area contributed by atoms with Crippen molar-refractivity contribution in [3.05, 3.63) is 95.9 Å². The number of benzene rings is 3. The maximum atomic E-state index is 13.6. The zero-order valence-electron chi connectivity index (χ0n) is 17.4. The molecule has 0 spiro atoms. The van der Waals surface area contributed by atoms with E-state index in [1.807, 2.05) is 59.5 Å². The third kappa shape index (κ3) is 3.52. The van der Waals surface area contributed by atoms with Crippen LogP contribution < -0.4 is 10.1 Å². The molecular weight excluding hydrogens is 388 g/mol. The standard InChI is InChI=1S/C26H24N2O3/c1-2-15-31-23-14-13-18-8-3-4-10-20(18)24(23)25-27-22-12-6-5-11-21(22)26(29)28(25)17-19-9-7-16-30-19/h3-14,16,25,27H,2,15,17H2,1H3. The highest BCUT2D eigenvalue weighted by atomic mass is 16.5. The zero-order chi connectivity index (χ0) is 21.2. The van der Waals surface area contributed by atoms with Gasteiger partial charge in [0.2, 0.25) is 0 Å². The van der Waals surface area contributed by atoms with Gasteiger partial charge in [0.1, 0.15) is 17.7 Å². The Morgan fingerprint density at radius 3 is 2.68 bits per heavy atom. The van der Waals surface area contributed by atoms with E-state index < -0.39 is 6.17 Å². The summed E-state index contributed by atoms with van der Waals surface area (Å²) in [6, 6.07) is 23.6. The summed E-state index contributed by atoms with van der Waals surface area (Å²) in [6.45, 7) is 3.05. The van der Waals surface area contributed by atoms with Crippen molar-refractivity contribution in [2.24, 2.45) is 0 Å². The molecule has 156 valence electrons. The number of nitrogens with one attached hydrogen (secondary N) is 1. The molecule has 1 aliphatic rings. The number of carbonyl (C=O) groups excluding carboxylic acids is 1. The number of hydrogen-bond donors (Lipinski definition) is 1. The van der Waals surface area contributed by atoms with Crippen molar-refractivity contribution in [1.29, 1.82) is 0 Å². The average Bonchev–Trinajstić information content (AvgIpc) is 3.32. The van der Waals surface area contributed by atoms with E-state index in [1.54, 1.807) is 6.26 Å². The molecule has 1 amide bonds. The van der Waals surface area contributed by atoms with Gasteiger partial charge >= 0.3 is 0 Å². The van der Waals surface area contributed by atoms with Crippen LogP contribution in [0.1, 0.15) is 41.2 Å². The van der Waals surface area contributed by atoms with Crippen molar-refractivity contribution in [2.45, 2.75) is 26.1 Å². The van der Waals surface area contributed by atoms with Gasteiger partial charge in [-0.1, -0.05) is 49.4 Å². The van der Waals surface area contributed by atoms with Gasteiger partial charge in [-0.05, 0) is 47.5 Å². The Hall–Kier alpha value is -3.73. The van der Waals surface area contributed by atoms with E-state index in [0.29, 0.717) is 18.7 Å². The quantitative estimate of drug-likeness (QED) is 0.423. The fourth-order valence-corrected chi connectivity index (χ4v) is 4.15. The second-order valence-corrected chi connectivity index (χ2v) is 7.65. The Kier molecular flexibility index (Phi) is 5.08. The van der Waals surface area contributed by atoms with Crippen LogP contribution in [-0.4, -0.2) is 17.4 Å². The normalized spacial score (nSPS) is 15.6. The number of nitrogens with zero attached hydrogens (tertiary/aromatic N) is 1. The maximum absolute atomic E-state index is 13.6. The molecule has 2 heterocycles. The smallest absolute Gasteiger partial charge is 0.258 e. The molecule has 1 N–H and O–H groups in total. The molecule has 0 radical (unpaired) electrons. The van der Waals surface area contributed by atoms with Crippen molar-refractivity contribution in [3.63, 3.8) is 0 Å². The Bertz CT molecular complexity index is 1220. The van der Waals surface area contributed by atoms with E-state index in [2.05, 4.69) is 30.4 Å². The van der Waals surface area contributed by atoms with Gasteiger partial charge in [0.05, 0.1) is 25.0 Å². The number of hydrogen-bond acceptors (Lipinski definition) is 4. The average molecular weight is 412 g/mol. The first-order valence-electron chi connectivity index (χ1n) is 10.6. The summed E-state index contributed by atoms with van der Waals surface area (Å²) in [7, 11) is 0. The molecule has 0 saturated heterocycles. The summed E-state index contributed by atoms with van der Waals surface area (Å²) in [4.78, 5) is 15.4. The van der Waals surface area contributed by atoms with Gasteiger partial charge in [-0.15, -0.1) is 0 Å². The highest BCUT2D eigenvalue weighted by Crippen LogP contribution is 2.41. The van der Waals surface area contributed by atoms with Gasteiger partial charge in [0.25, 0.3) is 5.91 Å². The Balaban J connectivity index is 1.69. The first-order valence-corrected chi connectivity index (χ1v) is 10.6. The van der Waals surface area contributed by atoms with Crippen molar-refractivity contribution < 1.29 is 13.9 Å². The van der Waals surface area contributed by atoms with Crippen LogP contribution in [-0.2, 0) is 6.54 Å². The molecule has 1 aliphatic heterocycles. The van der Waals surface area contributed by atoms with Gasteiger partial charge < -0.3 is 19.4 Å². The van der Waals surface area contributed by atoms with Crippen molar-refractivity contribution in [1.82, 2.24) is 4.90 Å². The van der Waals surface area contributed by atoms with Crippen molar-refractivity contribution in [3.8, 4) is 5.75 Å². The number of amides is 1. The molecule has 5 heteroatoms. The molecule has 4 aromatic rings. The van der Waals surface area contributed by atoms with Crippen LogP contribution in [0.25, 0.3) is 10.8 Å². The summed E-state index contributed by atoms with van der Waals surface area (Å²) in [5.41, 5.74) is 2.44. The molecule has 0 fully saturated rings. The lowest BCUT2D eigenvalue weighted by molar-refractivity contribution is 0.0650. The Morgan fingerprint density at radius 1 is 1.00 bits per heavy atom. The SMILES string of the molecule is CCCOc1ccc2ccccc2c1C1Nc2ccccc2C(=O)N1Cc1ccco1. The number of para-hydroxylation sites is 1. The Labute approximate surface area is 181 Å². The minimum atomic E-state index is -0.398. The van der Waals surface area contributed by atoms with E-state index in [4.69, 9.17) is 9.15 Å². The van der Waals surface area contributed by atoms with E-state index in [0.717, 1.165) is 40.0 Å². The lowest BCUT2D eigenvalue weighted by Gasteiger charge is -2.38. The summed E-state index contributed by atoms with van der Waals surface area (Å²) >= 11 is 0. The summed E-state index contributed by atoms with van der Waals surface area (Å²) in [5, 5.41) is 5.76. The number of anilines is 1. The molecule has 0 aliphatic carbocycles. The fraction of sp³-hybridized carbons (Fsp3) is 0.192. The molecule has 1 unspecified atom stereocenters. The molecule has 5 nitrogen and oxygen atoms in total.